The molecular formula is C16H27N3O. The fraction of sp³-hybridized carbons (Fsp3) is 0.625. The van der Waals surface area contributed by atoms with Crippen molar-refractivity contribution in [3.63, 3.8) is 0 Å². The highest BCUT2D eigenvalue weighted by atomic mass is 16.3. The summed E-state index contributed by atoms with van der Waals surface area (Å²) in [7, 11) is 4.36. The first-order chi connectivity index (χ1) is 9.47. The molecule has 2 rings (SSSR count). The van der Waals surface area contributed by atoms with Gasteiger partial charge in [0.1, 0.15) is 5.75 Å². The number of aromatic hydroxyl groups is 1. The van der Waals surface area contributed by atoms with Gasteiger partial charge in [0.25, 0.3) is 0 Å². The lowest BCUT2D eigenvalue weighted by Crippen LogP contribution is -2.53. The van der Waals surface area contributed by atoms with E-state index in [1.807, 2.05) is 25.1 Å². The molecule has 112 valence electrons. The molecule has 2 unspecified atom stereocenters. The van der Waals surface area contributed by atoms with Crippen molar-refractivity contribution in [1.29, 1.82) is 0 Å². The third kappa shape index (κ3) is 3.72. The number of aryl methyl sites for hydroxylation is 1. The first-order valence-electron chi connectivity index (χ1n) is 7.39. The maximum absolute atomic E-state index is 10.0. The van der Waals surface area contributed by atoms with Crippen LogP contribution in [0.1, 0.15) is 24.1 Å². The molecule has 1 aliphatic rings. The second-order valence-corrected chi connectivity index (χ2v) is 6.09. The van der Waals surface area contributed by atoms with Gasteiger partial charge in [-0.05, 0) is 39.6 Å². The molecule has 2 atom stereocenters. The Bertz CT molecular complexity index is 449. The van der Waals surface area contributed by atoms with Crippen molar-refractivity contribution in [3.8, 4) is 5.75 Å². The summed E-state index contributed by atoms with van der Waals surface area (Å²) in [6.07, 6.45) is 0. The molecule has 1 saturated heterocycles. The molecule has 1 heterocycles. The van der Waals surface area contributed by atoms with E-state index >= 15 is 0 Å². The summed E-state index contributed by atoms with van der Waals surface area (Å²) in [4.78, 5) is 4.79. The molecular weight excluding hydrogens is 250 g/mol. The summed E-state index contributed by atoms with van der Waals surface area (Å²) < 4.78 is 0. The Morgan fingerprint density at radius 3 is 2.80 bits per heavy atom. The van der Waals surface area contributed by atoms with Crippen LogP contribution in [0.15, 0.2) is 18.2 Å². The number of phenols is 1. The zero-order chi connectivity index (χ0) is 14.7. The fourth-order valence-corrected chi connectivity index (χ4v) is 2.76. The monoisotopic (exact) mass is 277 g/mol. The van der Waals surface area contributed by atoms with E-state index in [9.17, 15) is 5.11 Å². The van der Waals surface area contributed by atoms with Gasteiger partial charge in [-0.3, -0.25) is 4.90 Å². The molecule has 4 nitrogen and oxygen atoms in total. The topological polar surface area (TPSA) is 38.7 Å². The maximum Gasteiger partial charge on any atom is 0.120 e. The van der Waals surface area contributed by atoms with Crippen LogP contribution in [0.25, 0.3) is 0 Å². The highest BCUT2D eigenvalue weighted by Crippen LogP contribution is 2.25. The molecule has 1 fully saturated rings. The summed E-state index contributed by atoms with van der Waals surface area (Å²) in [6, 6.07) is 6.58. The second-order valence-electron chi connectivity index (χ2n) is 6.09. The normalized spacial score (nSPS) is 22.9. The highest BCUT2D eigenvalue weighted by molar-refractivity contribution is 5.37. The number of rotatable bonds is 4. The SMILES string of the molecule is Cc1ccc(C(C)NCC2CN(C)CCN2C)c(O)c1. The average molecular weight is 277 g/mol. The molecule has 0 spiro atoms. The minimum Gasteiger partial charge on any atom is -0.508 e. The van der Waals surface area contributed by atoms with Crippen LogP contribution >= 0.6 is 0 Å². The van der Waals surface area contributed by atoms with E-state index in [0.717, 1.165) is 37.3 Å². The number of hydrogen-bond donors (Lipinski definition) is 2. The van der Waals surface area contributed by atoms with Gasteiger partial charge < -0.3 is 15.3 Å². The zero-order valence-corrected chi connectivity index (χ0v) is 13.1. The summed E-state index contributed by atoms with van der Waals surface area (Å²) >= 11 is 0. The second kappa shape index (κ2) is 6.57. The predicted molar refractivity (Wildman–Crippen MR) is 83.2 cm³/mol. The lowest BCUT2D eigenvalue weighted by atomic mass is 10.0. The number of benzene rings is 1. The van der Waals surface area contributed by atoms with Crippen molar-refractivity contribution in [2.45, 2.75) is 25.9 Å². The van der Waals surface area contributed by atoms with E-state index < -0.39 is 0 Å². The van der Waals surface area contributed by atoms with E-state index in [0.29, 0.717) is 11.8 Å². The Labute approximate surface area is 122 Å². The van der Waals surface area contributed by atoms with Crippen molar-refractivity contribution < 1.29 is 5.11 Å². The van der Waals surface area contributed by atoms with Crippen LogP contribution in [0, 0.1) is 6.92 Å². The molecule has 4 heteroatoms. The molecule has 0 bridgehead atoms. The van der Waals surface area contributed by atoms with Crippen LogP contribution in [0.5, 0.6) is 5.75 Å². The number of nitrogens with one attached hydrogen (secondary N) is 1. The van der Waals surface area contributed by atoms with Gasteiger partial charge in [0.2, 0.25) is 0 Å². The Morgan fingerprint density at radius 1 is 1.35 bits per heavy atom. The summed E-state index contributed by atoms with van der Waals surface area (Å²) in [6.45, 7) is 8.39. The molecule has 2 N–H and O–H groups in total. The first-order valence-corrected chi connectivity index (χ1v) is 7.39. The minimum absolute atomic E-state index is 0.163. The fourth-order valence-electron chi connectivity index (χ4n) is 2.76. The highest BCUT2D eigenvalue weighted by Gasteiger charge is 2.22. The molecule has 0 amide bonds. The summed E-state index contributed by atoms with van der Waals surface area (Å²) in [5.41, 5.74) is 2.06. The Hall–Kier alpha value is -1.10. The average Bonchev–Trinajstić information content (AvgIpc) is 2.39. The molecule has 0 aliphatic carbocycles. The molecule has 1 aliphatic heterocycles. The van der Waals surface area contributed by atoms with Crippen LogP contribution in [0.2, 0.25) is 0 Å². The summed E-state index contributed by atoms with van der Waals surface area (Å²) in [5, 5.41) is 13.6. The first kappa shape index (κ1) is 15.3. The van der Waals surface area contributed by atoms with Gasteiger partial charge in [-0.15, -0.1) is 0 Å². The number of hydrogen-bond acceptors (Lipinski definition) is 4. The van der Waals surface area contributed by atoms with Crippen molar-refractivity contribution in [2.24, 2.45) is 0 Å². The third-order valence-electron chi connectivity index (χ3n) is 4.29. The van der Waals surface area contributed by atoms with Gasteiger partial charge in [0.05, 0.1) is 0 Å². The zero-order valence-electron chi connectivity index (χ0n) is 13.1. The van der Waals surface area contributed by atoms with Crippen molar-refractivity contribution in [2.75, 3.05) is 40.3 Å². The van der Waals surface area contributed by atoms with Crippen LogP contribution in [-0.2, 0) is 0 Å². The predicted octanol–water partition coefficient (Wildman–Crippen LogP) is 1.60. The Morgan fingerprint density at radius 2 is 2.10 bits per heavy atom. The van der Waals surface area contributed by atoms with Crippen molar-refractivity contribution in [1.82, 2.24) is 15.1 Å². The quantitative estimate of drug-likeness (QED) is 0.877. The Kier molecular flexibility index (Phi) is 5.02. The maximum atomic E-state index is 10.0. The molecule has 0 saturated carbocycles. The van der Waals surface area contributed by atoms with Gasteiger partial charge in [0, 0.05) is 43.8 Å². The van der Waals surface area contributed by atoms with Crippen molar-refractivity contribution >= 4 is 0 Å². The molecule has 0 radical (unpaired) electrons. The number of phenolic OH excluding ortho intramolecular Hbond substituents is 1. The van der Waals surface area contributed by atoms with Gasteiger partial charge in [0.15, 0.2) is 0 Å². The van der Waals surface area contributed by atoms with E-state index in [2.05, 4.69) is 36.1 Å². The van der Waals surface area contributed by atoms with Crippen molar-refractivity contribution in [3.05, 3.63) is 29.3 Å². The van der Waals surface area contributed by atoms with E-state index in [1.54, 1.807) is 0 Å². The number of piperazine rings is 1. The van der Waals surface area contributed by atoms with Crippen LogP contribution in [0.3, 0.4) is 0 Å². The van der Waals surface area contributed by atoms with Crippen LogP contribution in [0.4, 0.5) is 0 Å². The smallest absolute Gasteiger partial charge is 0.120 e. The van der Waals surface area contributed by atoms with Crippen LogP contribution in [-0.4, -0.2) is 61.2 Å². The Balaban J connectivity index is 1.92. The van der Waals surface area contributed by atoms with Gasteiger partial charge in [-0.2, -0.15) is 0 Å². The van der Waals surface area contributed by atoms with Gasteiger partial charge >= 0.3 is 0 Å². The van der Waals surface area contributed by atoms with E-state index in [-0.39, 0.29) is 6.04 Å². The standard InChI is InChI=1S/C16H27N3O/c1-12-5-6-15(16(20)9-12)13(2)17-10-14-11-18(3)7-8-19(14)4/h5-6,9,13-14,17,20H,7-8,10-11H2,1-4H3. The third-order valence-corrected chi connectivity index (χ3v) is 4.29. The van der Waals surface area contributed by atoms with Gasteiger partial charge in [-0.25, -0.2) is 0 Å². The van der Waals surface area contributed by atoms with E-state index in [1.165, 1.54) is 0 Å². The lowest BCUT2D eigenvalue weighted by molar-refractivity contribution is 0.112. The van der Waals surface area contributed by atoms with E-state index in [4.69, 9.17) is 0 Å². The number of likely N-dealkylation sites (N-methyl/N-ethyl adjacent to an activating group) is 2. The van der Waals surface area contributed by atoms with Gasteiger partial charge in [-0.1, -0.05) is 12.1 Å². The number of nitrogens with zero attached hydrogens (tertiary/aromatic N) is 2. The molecule has 1 aromatic rings. The largest absolute Gasteiger partial charge is 0.508 e. The van der Waals surface area contributed by atoms with Crippen LogP contribution < -0.4 is 5.32 Å². The summed E-state index contributed by atoms with van der Waals surface area (Å²) in [5.74, 6) is 0.388. The molecule has 20 heavy (non-hydrogen) atoms. The lowest BCUT2D eigenvalue weighted by Gasteiger charge is -2.38. The minimum atomic E-state index is 0.163. The molecule has 1 aromatic carbocycles. The molecule has 0 aromatic heterocycles.